The predicted molar refractivity (Wildman–Crippen MR) is 130 cm³/mol. The SMILES string of the molecule is O=C(N[C@H](CN1CCCC1)[C@H](O)c1ccc2c(c1)OCCO2)C(=NO)c1cc2cc(Cl)ccc2o1. The number of nitrogens with one attached hydrogen (secondary N) is 1. The number of furan rings is 1. The number of hydrogen-bond donors (Lipinski definition) is 3. The number of nitrogens with zero attached hydrogens (tertiary/aromatic N) is 2. The maximum Gasteiger partial charge on any atom is 0.277 e. The van der Waals surface area contributed by atoms with E-state index in [1.54, 1.807) is 42.5 Å². The van der Waals surface area contributed by atoms with E-state index in [0.29, 0.717) is 52.8 Å². The van der Waals surface area contributed by atoms with Crippen LogP contribution in [0.15, 0.2) is 52.0 Å². The van der Waals surface area contributed by atoms with Crippen LogP contribution in [-0.2, 0) is 4.79 Å². The van der Waals surface area contributed by atoms with Crippen molar-refractivity contribution in [2.24, 2.45) is 5.16 Å². The van der Waals surface area contributed by atoms with Crippen LogP contribution in [0.3, 0.4) is 0 Å². The van der Waals surface area contributed by atoms with Gasteiger partial charge in [-0.3, -0.25) is 4.79 Å². The van der Waals surface area contributed by atoms with Gasteiger partial charge in [0.2, 0.25) is 5.71 Å². The molecule has 10 heteroatoms. The fourth-order valence-electron chi connectivity index (χ4n) is 4.52. The van der Waals surface area contributed by atoms with Crippen molar-refractivity contribution >= 4 is 34.2 Å². The standard InChI is InChI=1S/C25H26ClN3O6/c26-17-4-6-19-16(11-17)13-22(35-19)23(28-32)25(31)27-18(14-29-7-1-2-8-29)24(30)15-3-5-20-21(12-15)34-10-9-33-20/h3-6,11-13,18,24,30,32H,1-2,7-10,14H2,(H,27,31)/t18-,24-/m1/s1. The Hall–Kier alpha value is -3.27. The lowest BCUT2D eigenvalue weighted by molar-refractivity contribution is -0.116. The quantitative estimate of drug-likeness (QED) is 0.259. The van der Waals surface area contributed by atoms with Gasteiger partial charge in [0.25, 0.3) is 5.91 Å². The molecule has 1 amide bonds. The highest BCUT2D eigenvalue weighted by Gasteiger charge is 2.30. The Morgan fingerprint density at radius 1 is 1.09 bits per heavy atom. The van der Waals surface area contributed by atoms with Gasteiger partial charge in [-0.05, 0) is 67.9 Å². The van der Waals surface area contributed by atoms with Crippen molar-refractivity contribution in [1.29, 1.82) is 0 Å². The first kappa shape index (κ1) is 23.5. The highest BCUT2D eigenvalue weighted by molar-refractivity contribution is 6.44. The minimum atomic E-state index is -1.04. The maximum absolute atomic E-state index is 13.2. The molecule has 3 heterocycles. The Morgan fingerprint density at radius 2 is 1.86 bits per heavy atom. The molecule has 35 heavy (non-hydrogen) atoms. The molecule has 3 aromatic rings. The first-order valence-corrected chi connectivity index (χ1v) is 11.9. The minimum absolute atomic E-state index is 0.0935. The van der Waals surface area contributed by atoms with Crippen LogP contribution >= 0.6 is 11.6 Å². The number of amides is 1. The van der Waals surface area contributed by atoms with Crippen LogP contribution in [0.1, 0.15) is 30.3 Å². The van der Waals surface area contributed by atoms with Gasteiger partial charge in [0.05, 0.1) is 6.04 Å². The predicted octanol–water partition coefficient (Wildman–Crippen LogP) is 3.35. The summed E-state index contributed by atoms with van der Waals surface area (Å²) in [5, 5.41) is 28.2. The number of ether oxygens (including phenoxy) is 2. The summed E-state index contributed by atoms with van der Waals surface area (Å²) in [5.41, 5.74) is 0.793. The van der Waals surface area contributed by atoms with Crippen LogP contribution in [0.2, 0.25) is 5.02 Å². The molecule has 0 aliphatic carbocycles. The molecule has 2 atom stereocenters. The van der Waals surface area contributed by atoms with Crippen molar-refractivity contribution in [3.05, 3.63) is 58.8 Å². The topological polar surface area (TPSA) is 117 Å². The third kappa shape index (κ3) is 5.07. The van der Waals surface area contributed by atoms with Crippen LogP contribution in [0, 0.1) is 0 Å². The lowest BCUT2D eigenvalue weighted by Gasteiger charge is -2.29. The third-order valence-electron chi connectivity index (χ3n) is 6.29. The zero-order chi connectivity index (χ0) is 24.4. The van der Waals surface area contributed by atoms with Crippen LogP contribution in [0.25, 0.3) is 11.0 Å². The van der Waals surface area contributed by atoms with Gasteiger partial charge in [0.1, 0.15) is 24.9 Å². The first-order valence-electron chi connectivity index (χ1n) is 11.5. The molecule has 1 saturated heterocycles. The average molecular weight is 500 g/mol. The van der Waals surface area contributed by atoms with E-state index in [9.17, 15) is 15.1 Å². The van der Waals surface area contributed by atoms with Gasteiger partial charge in [-0.25, -0.2) is 0 Å². The number of benzene rings is 2. The molecule has 1 fully saturated rings. The second-order valence-corrected chi connectivity index (χ2v) is 9.11. The molecule has 2 aliphatic rings. The number of likely N-dealkylation sites (tertiary alicyclic amines) is 1. The number of aliphatic hydroxyl groups is 1. The highest BCUT2D eigenvalue weighted by atomic mass is 35.5. The summed E-state index contributed by atoms with van der Waals surface area (Å²) >= 11 is 6.04. The van der Waals surface area contributed by atoms with Gasteiger partial charge >= 0.3 is 0 Å². The van der Waals surface area contributed by atoms with E-state index in [0.717, 1.165) is 25.9 Å². The van der Waals surface area contributed by atoms with Gasteiger partial charge in [-0.1, -0.05) is 22.8 Å². The van der Waals surface area contributed by atoms with E-state index in [1.165, 1.54) is 0 Å². The number of fused-ring (bicyclic) bond motifs is 2. The summed E-state index contributed by atoms with van der Waals surface area (Å²) in [6.45, 7) is 3.09. The van der Waals surface area contributed by atoms with E-state index in [4.69, 9.17) is 25.5 Å². The van der Waals surface area contributed by atoms with Gasteiger partial charge in [-0.15, -0.1) is 0 Å². The van der Waals surface area contributed by atoms with Crippen LogP contribution in [0.4, 0.5) is 0 Å². The molecule has 0 bridgehead atoms. The molecule has 1 aromatic heterocycles. The number of aliphatic hydroxyl groups excluding tert-OH is 1. The lowest BCUT2D eigenvalue weighted by Crippen LogP contribution is -2.48. The number of hydrogen-bond acceptors (Lipinski definition) is 8. The normalized spacial score (nSPS) is 17.9. The smallest absolute Gasteiger partial charge is 0.277 e. The first-order chi connectivity index (χ1) is 17.0. The highest BCUT2D eigenvalue weighted by Crippen LogP contribution is 2.33. The Morgan fingerprint density at radius 3 is 2.63 bits per heavy atom. The number of oxime groups is 1. The molecule has 0 spiro atoms. The van der Waals surface area contributed by atoms with Gasteiger partial charge in [0.15, 0.2) is 17.3 Å². The van der Waals surface area contributed by atoms with Gasteiger partial charge < -0.3 is 34.4 Å². The molecule has 3 N–H and O–H groups in total. The molecule has 2 aromatic carbocycles. The zero-order valence-electron chi connectivity index (χ0n) is 18.9. The third-order valence-corrected chi connectivity index (χ3v) is 6.52. The molecule has 184 valence electrons. The van der Waals surface area contributed by atoms with E-state index >= 15 is 0 Å². The number of halogens is 1. The summed E-state index contributed by atoms with van der Waals surface area (Å²) in [5.74, 6) is 0.596. The molecular weight excluding hydrogens is 474 g/mol. The Kier molecular flexibility index (Phi) is 6.81. The summed E-state index contributed by atoms with van der Waals surface area (Å²) in [4.78, 5) is 15.4. The van der Waals surface area contributed by atoms with Crippen LogP contribution < -0.4 is 14.8 Å². The van der Waals surface area contributed by atoms with E-state index < -0.39 is 18.1 Å². The summed E-state index contributed by atoms with van der Waals surface area (Å²) < 4.78 is 16.9. The van der Waals surface area contributed by atoms with E-state index in [2.05, 4.69) is 15.4 Å². The Bertz CT molecular complexity index is 1250. The van der Waals surface area contributed by atoms with E-state index in [-0.39, 0.29) is 11.5 Å². The van der Waals surface area contributed by atoms with Crippen molar-refractivity contribution in [2.75, 3.05) is 32.8 Å². The monoisotopic (exact) mass is 499 g/mol. The molecule has 0 radical (unpaired) electrons. The van der Waals surface area contributed by atoms with Gasteiger partial charge in [0, 0.05) is 17.0 Å². The molecular formula is C25H26ClN3O6. The molecule has 9 nitrogen and oxygen atoms in total. The second-order valence-electron chi connectivity index (χ2n) is 8.68. The largest absolute Gasteiger partial charge is 0.486 e. The maximum atomic E-state index is 13.2. The van der Waals surface area contributed by atoms with Crippen molar-refractivity contribution in [3.8, 4) is 11.5 Å². The zero-order valence-corrected chi connectivity index (χ0v) is 19.7. The molecule has 5 rings (SSSR count). The van der Waals surface area contributed by atoms with Crippen molar-refractivity contribution in [3.63, 3.8) is 0 Å². The molecule has 2 aliphatic heterocycles. The number of carbonyl (C=O) groups is 1. The van der Waals surface area contributed by atoms with Crippen LogP contribution in [-0.4, -0.2) is 65.7 Å². The fourth-order valence-corrected chi connectivity index (χ4v) is 4.70. The molecule has 0 saturated carbocycles. The Labute approximate surface area is 206 Å². The summed E-state index contributed by atoms with van der Waals surface area (Å²) in [6.07, 6.45) is 1.09. The Balaban J connectivity index is 1.39. The van der Waals surface area contributed by atoms with Crippen molar-refractivity contribution in [1.82, 2.24) is 10.2 Å². The summed E-state index contributed by atoms with van der Waals surface area (Å²) in [7, 11) is 0. The fraction of sp³-hybridized carbons (Fsp3) is 0.360. The van der Waals surface area contributed by atoms with Crippen molar-refractivity contribution in [2.45, 2.75) is 25.0 Å². The van der Waals surface area contributed by atoms with Crippen LogP contribution in [0.5, 0.6) is 11.5 Å². The van der Waals surface area contributed by atoms with Crippen molar-refractivity contribution < 1.29 is 29.0 Å². The molecule has 0 unspecified atom stereocenters. The second kappa shape index (κ2) is 10.2. The van der Waals surface area contributed by atoms with Gasteiger partial charge in [-0.2, -0.15) is 0 Å². The number of carbonyl (C=O) groups excluding carboxylic acids is 1. The van der Waals surface area contributed by atoms with E-state index in [1.807, 2.05) is 0 Å². The average Bonchev–Trinajstić information content (AvgIpc) is 3.53. The summed E-state index contributed by atoms with van der Waals surface area (Å²) in [6, 6.07) is 11.2. The number of rotatable bonds is 7. The lowest BCUT2D eigenvalue weighted by atomic mass is 10.0. The minimum Gasteiger partial charge on any atom is -0.486 e.